The summed E-state index contributed by atoms with van der Waals surface area (Å²) in [5, 5.41) is 1.18. The monoisotopic (exact) mass is 366 g/mol. The van der Waals surface area contributed by atoms with E-state index in [0.29, 0.717) is 0 Å². The molecule has 7 heteroatoms. The number of benzene rings is 1. The molecule has 140 valence electrons. The van der Waals surface area contributed by atoms with Crippen LogP contribution in [0.4, 0.5) is 5.82 Å². The molecule has 0 saturated carbocycles. The van der Waals surface area contributed by atoms with E-state index in [-0.39, 0.29) is 6.15 Å². The second-order valence-electron chi connectivity index (χ2n) is 6.26. The summed E-state index contributed by atoms with van der Waals surface area (Å²) in [6, 6.07) is 8.41. The first-order chi connectivity index (χ1) is 13.2. The second kappa shape index (κ2) is 8.58. The number of nitrogens with one attached hydrogen (secondary N) is 1. The molecule has 0 unspecified atom stereocenters. The van der Waals surface area contributed by atoms with Crippen molar-refractivity contribution in [2.45, 2.75) is 20.3 Å². The van der Waals surface area contributed by atoms with Crippen LogP contribution in [0.1, 0.15) is 18.2 Å². The van der Waals surface area contributed by atoms with Crippen LogP contribution in [-0.2, 0) is 20.7 Å². The van der Waals surface area contributed by atoms with Crippen LogP contribution in [0.3, 0.4) is 0 Å². The SMILES string of the molecule is CCc1nc(-c2ccc3[nH]ccc3c2)nc(N2CCOCC2)c1C.O=C=O. The Labute approximate surface area is 157 Å². The highest BCUT2D eigenvalue weighted by atomic mass is 16.5. The van der Waals surface area contributed by atoms with Gasteiger partial charge in [0.1, 0.15) is 5.82 Å². The number of hydrogen-bond acceptors (Lipinski definition) is 6. The number of carbonyl (C=O) groups excluding carboxylic acids is 2. The lowest BCUT2D eigenvalue weighted by Gasteiger charge is -2.29. The van der Waals surface area contributed by atoms with E-state index >= 15 is 0 Å². The highest BCUT2D eigenvalue weighted by molar-refractivity contribution is 5.84. The van der Waals surface area contributed by atoms with Gasteiger partial charge in [-0.1, -0.05) is 6.92 Å². The van der Waals surface area contributed by atoms with Crippen LogP contribution >= 0.6 is 0 Å². The van der Waals surface area contributed by atoms with E-state index in [1.54, 1.807) is 0 Å². The van der Waals surface area contributed by atoms with Crippen LogP contribution in [0.15, 0.2) is 30.5 Å². The maximum absolute atomic E-state index is 8.12. The van der Waals surface area contributed by atoms with Gasteiger partial charge in [0.05, 0.1) is 13.2 Å². The topological polar surface area (TPSA) is 88.2 Å². The normalized spacial score (nSPS) is 13.8. The van der Waals surface area contributed by atoms with Gasteiger partial charge < -0.3 is 14.6 Å². The van der Waals surface area contributed by atoms with Gasteiger partial charge in [0.15, 0.2) is 5.82 Å². The maximum Gasteiger partial charge on any atom is 0.373 e. The number of aryl methyl sites for hydroxylation is 1. The third-order valence-corrected chi connectivity index (χ3v) is 4.68. The lowest BCUT2D eigenvalue weighted by molar-refractivity contribution is -0.191. The fourth-order valence-electron chi connectivity index (χ4n) is 3.30. The summed E-state index contributed by atoms with van der Waals surface area (Å²) in [6.45, 7) is 7.57. The summed E-state index contributed by atoms with van der Waals surface area (Å²) in [4.78, 5) is 31.5. The molecule has 0 atom stereocenters. The predicted octanol–water partition coefficient (Wildman–Crippen LogP) is 2.75. The van der Waals surface area contributed by atoms with E-state index in [4.69, 9.17) is 24.3 Å². The Morgan fingerprint density at radius 2 is 1.93 bits per heavy atom. The van der Waals surface area contributed by atoms with E-state index in [1.807, 2.05) is 6.20 Å². The summed E-state index contributed by atoms with van der Waals surface area (Å²) >= 11 is 0. The molecule has 1 saturated heterocycles. The van der Waals surface area contributed by atoms with Gasteiger partial charge >= 0.3 is 6.15 Å². The molecule has 0 spiro atoms. The minimum Gasteiger partial charge on any atom is -0.378 e. The van der Waals surface area contributed by atoms with Crippen molar-refractivity contribution in [2.75, 3.05) is 31.2 Å². The number of nitrogens with zero attached hydrogens (tertiary/aromatic N) is 3. The maximum atomic E-state index is 8.12. The molecule has 1 fully saturated rings. The standard InChI is InChI=1S/C19H22N4O.CO2/c1-3-16-13(2)19(23-8-10-24-11-9-23)22-18(21-16)15-4-5-17-14(12-15)6-7-20-17;2-1-3/h4-7,12,20H,3,8-11H2,1-2H3;. The van der Waals surface area contributed by atoms with Crippen molar-refractivity contribution in [3.8, 4) is 11.4 Å². The van der Waals surface area contributed by atoms with Gasteiger partial charge in [0.2, 0.25) is 0 Å². The van der Waals surface area contributed by atoms with E-state index in [1.165, 1.54) is 10.9 Å². The van der Waals surface area contributed by atoms with Crippen molar-refractivity contribution >= 4 is 22.9 Å². The number of hydrogen-bond donors (Lipinski definition) is 1. The molecule has 3 aromatic rings. The third-order valence-electron chi connectivity index (χ3n) is 4.68. The minimum absolute atomic E-state index is 0.250. The molecule has 0 bridgehead atoms. The Bertz CT molecular complexity index is 955. The molecule has 2 aromatic heterocycles. The van der Waals surface area contributed by atoms with Crippen LogP contribution in [0.5, 0.6) is 0 Å². The number of rotatable bonds is 3. The highest BCUT2D eigenvalue weighted by Crippen LogP contribution is 2.27. The van der Waals surface area contributed by atoms with Crippen molar-refractivity contribution in [1.82, 2.24) is 15.0 Å². The number of aromatic amines is 1. The quantitative estimate of drug-likeness (QED) is 0.767. The van der Waals surface area contributed by atoms with Crippen molar-refractivity contribution in [2.24, 2.45) is 0 Å². The molecular weight excluding hydrogens is 344 g/mol. The lowest BCUT2D eigenvalue weighted by Crippen LogP contribution is -2.37. The molecule has 0 radical (unpaired) electrons. The van der Waals surface area contributed by atoms with Crippen molar-refractivity contribution in [3.63, 3.8) is 0 Å². The van der Waals surface area contributed by atoms with Crippen molar-refractivity contribution in [1.29, 1.82) is 0 Å². The summed E-state index contributed by atoms with van der Waals surface area (Å²) in [5.41, 5.74) is 4.50. The van der Waals surface area contributed by atoms with E-state index in [2.05, 4.69) is 48.0 Å². The molecular formula is C20H22N4O3. The van der Waals surface area contributed by atoms with Gasteiger partial charge in [-0.25, -0.2) is 9.97 Å². The number of aromatic nitrogens is 3. The summed E-state index contributed by atoms with van der Waals surface area (Å²) in [7, 11) is 0. The van der Waals surface area contributed by atoms with Gasteiger partial charge in [-0.3, -0.25) is 0 Å². The van der Waals surface area contributed by atoms with E-state index in [0.717, 1.165) is 61.1 Å². The van der Waals surface area contributed by atoms with Crippen molar-refractivity contribution in [3.05, 3.63) is 41.7 Å². The molecule has 27 heavy (non-hydrogen) atoms. The largest absolute Gasteiger partial charge is 0.378 e. The fourth-order valence-corrected chi connectivity index (χ4v) is 3.30. The zero-order chi connectivity index (χ0) is 19.2. The first-order valence-corrected chi connectivity index (χ1v) is 8.95. The Hall–Kier alpha value is -3.02. The fraction of sp³-hybridized carbons (Fsp3) is 0.350. The average molecular weight is 366 g/mol. The molecule has 3 heterocycles. The van der Waals surface area contributed by atoms with E-state index in [9.17, 15) is 0 Å². The third kappa shape index (κ3) is 4.05. The highest BCUT2D eigenvalue weighted by Gasteiger charge is 2.19. The Balaban J connectivity index is 0.000000659. The first kappa shape index (κ1) is 18.8. The number of anilines is 1. The Morgan fingerprint density at radius 1 is 1.19 bits per heavy atom. The van der Waals surface area contributed by atoms with Gasteiger partial charge in [-0.15, -0.1) is 0 Å². The van der Waals surface area contributed by atoms with Crippen LogP contribution < -0.4 is 4.90 Å². The second-order valence-corrected chi connectivity index (χ2v) is 6.26. The van der Waals surface area contributed by atoms with Gasteiger partial charge in [0.25, 0.3) is 0 Å². The zero-order valence-corrected chi connectivity index (χ0v) is 15.5. The molecule has 0 amide bonds. The van der Waals surface area contributed by atoms with Gasteiger partial charge in [-0.05, 0) is 37.6 Å². The first-order valence-electron chi connectivity index (χ1n) is 8.95. The zero-order valence-electron chi connectivity index (χ0n) is 15.5. The number of morpholine rings is 1. The summed E-state index contributed by atoms with van der Waals surface area (Å²) in [5.74, 6) is 1.86. The molecule has 4 rings (SSSR count). The lowest BCUT2D eigenvalue weighted by atomic mass is 10.1. The Morgan fingerprint density at radius 3 is 2.63 bits per heavy atom. The van der Waals surface area contributed by atoms with Gasteiger partial charge in [0, 0.05) is 47.0 Å². The van der Waals surface area contributed by atoms with Crippen LogP contribution in [-0.4, -0.2) is 47.4 Å². The molecule has 1 aromatic carbocycles. The van der Waals surface area contributed by atoms with E-state index < -0.39 is 0 Å². The van der Waals surface area contributed by atoms with Crippen molar-refractivity contribution < 1.29 is 14.3 Å². The van der Waals surface area contributed by atoms with Crippen LogP contribution in [0, 0.1) is 6.92 Å². The van der Waals surface area contributed by atoms with Crippen LogP contribution in [0.2, 0.25) is 0 Å². The van der Waals surface area contributed by atoms with Crippen LogP contribution in [0.25, 0.3) is 22.3 Å². The number of fused-ring (bicyclic) bond motifs is 1. The molecule has 0 aliphatic carbocycles. The minimum atomic E-state index is 0.250. The summed E-state index contributed by atoms with van der Waals surface area (Å²) in [6.07, 6.45) is 3.12. The smallest absolute Gasteiger partial charge is 0.373 e. The Kier molecular flexibility index (Phi) is 5.96. The summed E-state index contributed by atoms with van der Waals surface area (Å²) < 4.78 is 5.48. The number of ether oxygens (including phenoxy) is 1. The molecule has 1 aliphatic heterocycles. The predicted molar refractivity (Wildman–Crippen MR) is 101 cm³/mol. The van der Waals surface area contributed by atoms with Gasteiger partial charge in [-0.2, -0.15) is 9.59 Å². The molecule has 1 aliphatic rings. The molecule has 1 N–H and O–H groups in total. The average Bonchev–Trinajstić information content (AvgIpc) is 3.17. The molecule has 7 nitrogen and oxygen atoms in total. The number of H-pyrrole nitrogens is 1.